The third kappa shape index (κ3) is 2.76. The molecular formula is C16H17FO2. The number of rotatable bonds is 3. The Morgan fingerprint density at radius 2 is 1.74 bits per heavy atom. The predicted octanol–water partition coefficient (Wildman–Crippen LogP) is 3.53. The van der Waals surface area contributed by atoms with Gasteiger partial charge in [-0.1, -0.05) is 18.2 Å². The summed E-state index contributed by atoms with van der Waals surface area (Å²) in [5.41, 5.74) is 3.39. The quantitative estimate of drug-likeness (QED) is 0.914. The Hall–Kier alpha value is -1.87. The van der Waals surface area contributed by atoms with Crippen LogP contribution in [0.15, 0.2) is 36.4 Å². The minimum absolute atomic E-state index is 0.316. The number of hydrogen-bond acceptors (Lipinski definition) is 2. The Bertz CT molecular complexity index is 576. The van der Waals surface area contributed by atoms with Crippen LogP contribution in [0.25, 0.3) is 0 Å². The van der Waals surface area contributed by atoms with Crippen molar-refractivity contribution in [3.05, 3.63) is 64.5 Å². The lowest BCUT2D eigenvalue weighted by Crippen LogP contribution is -2.05. The molecule has 1 N–H and O–H groups in total. The highest BCUT2D eigenvalue weighted by molar-refractivity contribution is 5.47. The van der Waals surface area contributed by atoms with Crippen molar-refractivity contribution in [3.63, 3.8) is 0 Å². The van der Waals surface area contributed by atoms with Crippen LogP contribution in [-0.4, -0.2) is 12.2 Å². The summed E-state index contributed by atoms with van der Waals surface area (Å²) in [5, 5.41) is 10.5. The molecule has 0 spiro atoms. The Morgan fingerprint density at radius 3 is 2.32 bits per heavy atom. The Labute approximate surface area is 112 Å². The maximum absolute atomic E-state index is 12.9. The van der Waals surface area contributed by atoms with E-state index >= 15 is 0 Å². The smallest absolute Gasteiger partial charge is 0.125 e. The molecule has 19 heavy (non-hydrogen) atoms. The van der Waals surface area contributed by atoms with Crippen molar-refractivity contribution in [1.82, 2.24) is 0 Å². The maximum Gasteiger partial charge on any atom is 0.125 e. The summed E-state index contributed by atoms with van der Waals surface area (Å²) in [6.07, 6.45) is -0.823. The van der Waals surface area contributed by atoms with Gasteiger partial charge in [-0.05, 0) is 48.7 Å². The van der Waals surface area contributed by atoms with Crippen molar-refractivity contribution in [2.75, 3.05) is 7.11 Å². The van der Waals surface area contributed by atoms with E-state index in [9.17, 15) is 9.50 Å². The summed E-state index contributed by atoms with van der Waals surface area (Å²) in [5.74, 6) is 0.331. The molecular weight excluding hydrogens is 243 g/mol. The Morgan fingerprint density at radius 1 is 1.11 bits per heavy atom. The second-order valence-electron chi connectivity index (χ2n) is 4.65. The zero-order valence-corrected chi connectivity index (χ0v) is 11.3. The van der Waals surface area contributed by atoms with Crippen LogP contribution in [0.1, 0.15) is 28.4 Å². The van der Waals surface area contributed by atoms with Crippen LogP contribution in [0.4, 0.5) is 4.39 Å². The van der Waals surface area contributed by atoms with Crippen molar-refractivity contribution in [1.29, 1.82) is 0 Å². The van der Waals surface area contributed by atoms with Gasteiger partial charge in [0.15, 0.2) is 0 Å². The van der Waals surface area contributed by atoms with E-state index in [-0.39, 0.29) is 5.82 Å². The molecule has 3 heteroatoms. The van der Waals surface area contributed by atoms with Gasteiger partial charge in [0.25, 0.3) is 0 Å². The fourth-order valence-electron chi connectivity index (χ4n) is 2.27. The molecule has 0 saturated carbocycles. The minimum atomic E-state index is -0.823. The Kier molecular flexibility index (Phi) is 3.86. The lowest BCUT2D eigenvalue weighted by atomic mass is 9.95. The summed E-state index contributed by atoms with van der Waals surface area (Å²) in [6.45, 7) is 3.90. The average molecular weight is 260 g/mol. The lowest BCUT2D eigenvalue weighted by Gasteiger charge is -2.18. The van der Waals surface area contributed by atoms with Crippen LogP contribution < -0.4 is 4.74 Å². The monoisotopic (exact) mass is 260 g/mol. The van der Waals surface area contributed by atoms with E-state index in [0.717, 1.165) is 16.7 Å². The third-order valence-corrected chi connectivity index (χ3v) is 3.17. The van der Waals surface area contributed by atoms with Gasteiger partial charge in [0.1, 0.15) is 17.7 Å². The molecule has 2 rings (SSSR count). The van der Waals surface area contributed by atoms with Gasteiger partial charge in [0.2, 0.25) is 0 Å². The normalized spacial score (nSPS) is 12.3. The van der Waals surface area contributed by atoms with Crippen molar-refractivity contribution in [3.8, 4) is 5.75 Å². The van der Waals surface area contributed by atoms with Gasteiger partial charge >= 0.3 is 0 Å². The molecule has 0 aliphatic heterocycles. The summed E-state index contributed by atoms with van der Waals surface area (Å²) >= 11 is 0. The highest BCUT2D eigenvalue weighted by Crippen LogP contribution is 2.33. The fraction of sp³-hybridized carbons (Fsp3) is 0.250. The largest absolute Gasteiger partial charge is 0.496 e. The van der Waals surface area contributed by atoms with Gasteiger partial charge in [-0.3, -0.25) is 0 Å². The lowest BCUT2D eigenvalue weighted by molar-refractivity contribution is 0.214. The molecule has 2 aromatic rings. The van der Waals surface area contributed by atoms with E-state index in [1.54, 1.807) is 19.2 Å². The number of aliphatic hydroxyl groups is 1. The maximum atomic E-state index is 12.9. The molecule has 1 unspecified atom stereocenters. The molecule has 0 saturated heterocycles. The average Bonchev–Trinajstić information content (AvgIpc) is 2.38. The zero-order valence-electron chi connectivity index (χ0n) is 11.3. The van der Waals surface area contributed by atoms with Crippen LogP contribution >= 0.6 is 0 Å². The number of methoxy groups -OCH3 is 1. The molecule has 0 aromatic heterocycles. The van der Waals surface area contributed by atoms with Crippen LogP contribution in [0.2, 0.25) is 0 Å². The first-order chi connectivity index (χ1) is 9.02. The van der Waals surface area contributed by atoms with E-state index in [2.05, 4.69) is 0 Å². The van der Waals surface area contributed by atoms with Gasteiger partial charge in [-0.2, -0.15) is 0 Å². The van der Waals surface area contributed by atoms with Gasteiger partial charge in [-0.25, -0.2) is 4.39 Å². The standard InChI is InChI=1S/C16H17FO2/c1-10-8-11(2)15(14(9-10)19-3)16(18)12-4-6-13(17)7-5-12/h4-9,16,18H,1-3H3. The van der Waals surface area contributed by atoms with Gasteiger partial charge < -0.3 is 9.84 Å². The van der Waals surface area contributed by atoms with E-state index in [1.807, 2.05) is 26.0 Å². The highest BCUT2D eigenvalue weighted by atomic mass is 19.1. The first-order valence-corrected chi connectivity index (χ1v) is 6.11. The van der Waals surface area contributed by atoms with E-state index in [4.69, 9.17) is 4.74 Å². The van der Waals surface area contributed by atoms with Crippen LogP contribution in [0, 0.1) is 19.7 Å². The molecule has 2 nitrogen and oxygen atoms in total. The number of aryl methyl sites for hydroxylation is 2. The van der Waals surface area contributed by atoms with Crippen molar-refractivity contribution in [2.45, 2.75) is 20.0 Å². The summed E-state index contributed by atoms with van der Waals surface area (Å²) < 4.78 is 18.3. The molecule has 2 aromatic carbocycles. The van der Waals surface area contributed by atoms with Gasteiger partial charge in [-0.15, -0.1) is 0 Å². The second-order valence-corrected chi connectivity index (χ2v) is 4.65. The zero-order chi connectivity index (χ0) is 14.0. The number of benzene rings is 2. The van der Waals surface area contributed by atoms with Crippen molar-refractivity contribution >= 4 is 0 Å². The SMILES string of the molecule is COc1cc(C)cc(C)c1C(O)c1ccc(F)cc1. The molecule has 0 aliphatic carbocycles. The molecule has 0 radical (unpaired) electrons. The topological polar surface area (TPSA) is 29.5 Å². The van der Waals surface area contributed by atoms with E-state index in [1.165, 1.54) is 12.1 Å². The first kappa shape index (κ1) is 13.6. The number of aliphatic hydroxyl groups excluding tert-OH is 1. The third-order valence-electron chi connectivity index (χ3n) is 3.17. The fourth-order valence-corrected chi connectivity index (χ4v) is 2.27. The van der Waals surface area contributed by atoms with Crippen molar-refractivity contribution < 1.29 is 14.2 Å². The molecule has 0 heterocycles. The van der Waals surface area contributed by atoms with Crippen LogP contribution in [0.3, 0.4) is 0 Å². The summed E-state index contributed by atoms with van der Waals surface area (Å²) in [7, 11) is 1.58. The molecule has 100 valence electrons. The van der Waals surface area contributed by atoms with Crippen molar-refractivity contribution in [2.24, 2.45) is 0 Å². The van der Waals surface area contributed by atoms with Gasteiger partial charge in [0.05, 0.1) is 7.11 Å². The Balaban J connectivity index is 2.49. The highest BCUT2D eigenvalue weighted by Gasteiger charge is 2.18. The van der Waals surface area contributed by atoms with E-state index in [0.29, 0.717) is 11.3 Å². The number of halogens is 1. The first-order valence-electron chi connectivity index (χ1n) is 6.11. The number of hydrogen-bond donors (Lipinski definition) is 1. The predicted molar refractivity (Wildman–Crippen MR) is 72.9 cm³/mol. The van der Waals surface area contributed by atoms with Crippen LogP contribution in [0.5, 0.6) is 5.75 Å². The summed E-state index contributed by atoms with van der Waals surface area (Å²) in [6, 6.07) is 9.72. The molecule has 0 fully saturated rings. The summed E-state index contributed by atoms with van der Waals surface area (Å²) in [4.78, 5) is 0. The minimum Gasteiger partial charge on any atom is -0.496 e. The molecule has 0 amide bonds. The van der Waals surface area contributed by atoms with Gasteiger partial charge in [0, 0.05) is 5.56 Å². The molecule has 0 aliphatic rings. The molecule has 1 atom stereocenters. The van der Waals surface area contributed by atoms with E-state index < -0.39 is 6.10 Å². The van der Waals surface area contributed by atoms with Crippen LogP contribution in [-0.2, 0) is 0 Å². The number of ether oxygens (including phenoxy) is 1. The molecule has 0 bridgehead atoms. The second kappa shape index (κ2) is 5.41.